The molecule has 0 unspecified atom stereocenters. The van der Waals surface area contributed by atoms with E-state index in [2.05, 4.69) is 47.5 Å². The summed E-state index contributed by atoms with van der Waals surface area (Å²) in [6.45, 7) is 0. The van der Waals surface area contributed by atoms with Crippen LogP contribution in [0.4, 0.5) is 5.69 Å². The van der Waals surface area contributed by atoms with Gasteiger partial charge in [0.2, 0.25) is 5.89 Å². The number of anilines is 1. The van der Waals surface area contributed by atoms with Crippen molar-refractivity contribution in [2.24, 2.45) is 0 Å². The lowest BCUT2D eigenvalue weighted by atomic mass is 10.2. The zero-order chi connectivity index (χ0) is 23.5. The Labute approximate surface area is 211 Å². The summed E-state index contributed by atoms with van der Waals surface area (Å²) in [5, 5.41) is 5.83. The minimum atomic E-state index is -0.407. The van der Waals surface area contributed by atoms with Crippen LogP contribution in [0.1, 0.15) is 10.4 Å². The molecule has 0 aliphatic heterocycles. The Morgan fingerprint density at radius 1 is 1.06 bits per heavy atom. The normalized spacial score (nSPS) is 10.7. The van der Waals surface area contributed by atoms with Gasteiger partial charge in [0.05, 0.1) is 24.3 Å². The lowest BCUT2D eigenvalue weighted by Gasteiger charge is -2.13. The van der Waals surface area contributed by atoms with E-state index in [1.165, 1.54) is 7.11 Å². The molecule has 3 aromatic carbocycles. The standard InChI is InChI=1S/C23H17Br2N3O4S/c1-30-15-6-7-19-18(11-15)27-22(32-19)12-4-3-5-14(8-12)26-23(33)28-21(29)16-9-13(24)10-17(25)20(16)31-2/h3-11H,1-2H3,(H2,26,28,29,33). The van der Waals surface area contributed by atoms with Crippen molar-refractivity contribution in [3.05, 3.63) is 69.1 Å². The molecule has 1 heterocycles. The van der Waals surface area contributed by atoms with Gasteiger partial charge in [-0.2, -0.15) is 0 Å². The Balaban J connectivity index is 1.51. The minimum Gasteiger partial charge on any atom is -0.497 e. The number of amides is 1. The van der Waals surface area contributed by atoms with Crippen molar-refractivity contribution in [2.75, 3.05) is 19.5 Å². The van der Waals surface area contributed by atoms with Crippen molar-refractivity contribution in [1.82, 2.24) is 10.3 Å². The van der Waals surface area contributed by atoms with E-state index < -0.39 is 5.91 Å². The number of rotatable bonds is 5. The van der Waals surface area contributed by atoms with Crippen LogP contribution in [0.25, 0.3) is 22.6 Å². The molecule has 0 fully saturated rings. The van der Waals surface area contributed by atoms with Crippen molar-refractivity contribution in [3.63, 3.8) is 0 Å². The first-order chi connectivity index (χ1) is 15.9. The summed E-state index contributed by atoms with van der Waals surface area (Å²) in [5.41, 5.74) is 3.10. The molecule has 0 spiro atoms. The van der Waals surface area contributed by atoms with Crippen LogP contribution in [-0.2, 0) is 0 Å². The molecular formula is C23H17Br2N3O4S. The van der Waals surface area contributed by atoms with E-state index in [1.54, 1.807) is 19.2 Å². The van der Waals surface area contributed by atoms with Crippen LogP contribution in [0.2, 0.25) is 0 Å². The molecular weight excluding hydrogens is 574 g/mol. The van der Waals surface area contributed by atoms with Crippen LogP contribution in [-0.4, -0.2) is 30.2 Å². The molecule has 1 aromatic heterocycles. The van der Waals surface area contributed by atoms with Crippen LogP contribution in [0.5, 0.6) is 11.5 Å². The molecule has 0 atom stereocenters. The SMILES string of the molecule is COc1ccc2oc(-c3cccc(NC(=S)NC(=O)c4cc(Br)cc(Br)c4OC)c3)nc2c1. The highest BCUT2D eigenvalue weighted by Crippen LogP contribution is 2.33. The predicted octanol–water partition coefficient (Wildman–Crippen LogP) is 6.16. The second-order valence-corrected chi connectivity index (χ2v) is 8.99. The van der Waals surface area contributed by atoms with Gasteiger partial charge in [-0.25, -0.2) is 4.98 Å². The zero-order valence-electron chi connectivity index (χ0n) is 17.4. The van der Waals surface area contributed by atoms with Crippen LogP contribution in [0.3, 0.4) is 0 Å². The number of benzene rings is 3. The molecule has 0 bridgehead atoms. The maximum Gasteiger partial charge on any atom is 0.261 e. The van der Waals surface area contributed by atoms with Gasteiger partial charge in [0.1, 0.15) is 17.0 Å². The third-order valence-electron chi connectivity index (χ3n) is 4.65. The monoisotopic (exact) mass is 589 g/mol. The third-order valence-corrected chi connectivity index (χ3v) is 5.90. The molecule has 4 aromatic rings. The number of thiocarbonyl (C=S) groups is 1. The number of nitrogens with zero attached hydrogens (tertiary/aromatic N) is 1. The van der Waals surface area contributed by atoms with E-state index >= 15 is 0 Å². The smallest absolute Gasteiger partial charge is 0.261 e. The maximum atomic E-state index is 12.8. The van der Waals surface area contributed by atoms with Gasteiger partial charge in [-0.1, -0.05) is 22.0 Å². The van der Waals surface area contributed by atoms with Gasteiger partial charge in [-0.15, -0.1) is 0 Å². The highest BCUT2D eigenvalue weighted by Gasteiger charge is 2.18. The van der Waals surface area contributed by atoms with Crippen LogP contribution >= 0.6 is 44.1 Å². The Bertz CT molecular complexity index is 1370. The van der Waals surface area contributed by atoms with E-state index in [0.717, 1.165) is 10.0 Å². The first kappa shape index (κ1) is 23.2. The lowest BCUT2D eigenvalue weighted by Crippen LogP contribution is -2.34. The van der Waals surface area contributed by atoms with Gasteiger partial charge >= 0.3 is 0 Å². The average molecular weight is 591 g/mol. The predicted molar refractivity (Wildman–Crippen MR) is 138 cm³/mol. The van der Waals surface area contributed by atoms with Crippen LogP contribution in [0, 0.1) is 0 Å². The number of aromatic nitrogens is 1. The van der Waals surface area contributed by atoms with Gasteiger partial charge in [-0.05, 0) is 70.6 Å². The molecule has 2 N–H and O–H groups in total. The summed E-state index contributed by atoms with van der Waals surface area (Å²) >= 11 is 12.1. The number of ether oxygens (including phenoxy) is 2. The first-order valence-electron chi connectivity index (χ1n) is 9.58. The van der Waals surface area contributed by atoms with Crippen molar-refractivity contribution in [1.29, 1.82) is 0 Å². The van der Waals surface area contributed by atoms with Crippen LogP contribution < -0.4 is 20.1 Å². The number of nitrogens with one attached hydrogen (secondary N) is 2. The van der Waals surface area contributed by atoms with Crippen LogP contribution in [0.15, 0.2) is 68.0 Å². The van der Waals surface area contributed by atoms with E-state index in [0.29, 0.717) is 44.2 Å². The van der Waals surface area contributed by atoms with Crippen molar-refractivity contribution < 1.29 is 18.7 Å². The fraction of sp³-hybridized carbons (Fsp3) is 0.0870. The Morgan fingerprint density at radius 3 is 2.64 bits per heavy atom. The van der Waals surface area contributed by atoms with Crippen molar-refractivity contribution >= 4 is 71.9 Å². The van der Waals surface area contributed by atoms with Gasteiger partial charge in [-0.3, -0.25) is 10.1 Å². The van der Waals surface area contributed by atoms with E-state index in [-0.39, 0.29) is 5.11 Å². The molecule has 0 saturated carbocycles. The summed E-state index contributed by atoms with van der Waals surface area (Å²) in [6.07, 6.45) is 0. The number of carbonyl (C=O) groups is 1. The van der Waals surface area contributed by atoms with Crippen molar-refractivity contribution in [2.45, 2.75) is 0 Å². The molecule has 10 heteroatoms. The Hall–Kier alpha value is -2.95. The second-order valence-electron chi connectivity index (χ2n) is 6.81. The molecule has 4 rings (SSSR count). The highest BCUT2D eigenvalue weighted by atomic mass is 79.9. The zero-order valence-corrected chi connectivity index (χ0v) is 21.4. The fourth-order valence-electron chi connectivity index (χ4n) is 3.16. The largest absolute Gasteiger partial charge is 0.497 e. The topological polar surface area (TPSA) is 85.6 Å². The first-order valence-corrected chi connectivity index (χ1v) is 11.6. The number of hydrogen-bond donors (Lipinski definition) is 2. The molecule has 168 valence electrons. The van der Waals surface area contributed by atoms with Crippen molar-refractivity contribution in [3.8, 4) is 23.0 Å². The number of hydrogen-bond acceptors (Lipinski definition) is 6. The van der Waals surface area contributed by atoms with Gasteiger partial charge < -0.3 is 19.2 Å². The summed E-state index contributed by atoms with van der Waals surface area (Å²) in [5.74, 6) is 1.16. The fourth-order valence-corrected chi connectivity index (χ4v) is 4.75. The number of halogens is 2. The van der Waals surface area contributed by atoms with Gasteiger partial charge in [0.25, 0.3) is 5.91 Å². The summed E-state index contributed by atoms with van der Waals surface area (Å²) in [6, 6.07) is 16.3. The summed E-state index contributed by atoms with van der Waals surface area (Å²) < 4.78 is 17.8. The molecule has 0 aliphatic rings. The molecule has 1 amide bonds. The van der Waals surface area contributed by atoms with Gasteiger partial charge in [0.15, 0.2) is 10.7 Å². The van der Waals surface area contributed by atoms with Gasteiger partial charge in [0, 0.05) is 21.8 Å². The Morgan fingerprint density at radius 2 is 1.88 bits per heavy atom. The molecule has 33 heavy (non-hydrogen) atoms. The highest BCUT2D eigenvalue weighted by molar-refractivity contribution is 9.11. The summed E-state index contributed by atoms with van der Waals surface area (Å²) in [4.78, 5) is 17.3. The number of fused-ring (bicyclic) bond motifs is 1. The summed E-state index contributed by atoms with van der Waals surface area (Å²) in [7, 11) is 3.10. The lowest BCUT2D eigenvalue weighted by molar-refractivity contribution is 0.0974. The van der Waals surface area contributed by atoms with E-state index in [4.69, 9.17) is 26.1 Å². The second kappa shape index (κ2) is 9.90. The maximum absolute atomic E-state index is 12.8. The molecule has 0 aliphatic carbocycles. The number of oxazole rings is 1. The molecule has 0 radical (unpaired) electrons. The minimum absolute atomic E-state index is 0.137. The Kier molecular flexibility index (Phi) is 6.96. The molecule has 0 saturated heterocycles. The average Bonchev–Trinajstić information content (AvgIpc) is 3.22. The molecule has 7 nitrogen and oxygen atoms in total. The number of methoxy groups -OCH3 is 2. The van der Waals surface area contributed by atoms with E-state index in [1.807, 2.05) is 42.5 Å². The third kappa shape index (κ3) is 5.18. The number of carbonyl (C=O) groups excluding carboxylic acids is 1. The van der Waals surface area contributed by atoms with E-state index in [9.17, 15) is 4.79 Å². The quantitative estimate of drug-likeness (QED) is 0.269.